The first-order valence-corrected chi connectivity index (χ1v) is 7.45. The molecule has 2 rings (SSSR count). The lowest BCUT2D eigenvalue weighted by Crippen LogP contribution is -2.32. The van der Waals surface area contributed by atoms with Crippen molar-refractivity contribution < 1.29 is 9.13 Å². The molecule has 0 aromatic heterocycles. The minimum Gasteiger partial charge on any atom is -0.383 e. The van der Waals surface area contributed by atoms with E-state index in [0.717, 1.165) is 24.2 Å². The van der Waals surface area contributed by atoms with Gasteiger partial charge in [0.05, 0.1) is 6.61 Å². The van der Waals surface area contributed by atoms with Crippen LogP contribution in [0.1, 0.15) is 31.7 Å². The molecular weight excluding hydrogens is 255 g/mol. The van der Waals surface area contributed by atoms with Gasteiger partial charge in [-0.05, 0) is 37.8 Å². The van der Waals surface area contributed by atoms with E-state index in [1.165, 1.54) is 18.9 Å². The fraction of sp³-hybridized carbons (Fsp3) is 0.625. The topological polar surface area (TPSA) is 38.5 Å². The van der Waals surface area contributed by atoms with Crippen LogP contribution in [0, 0.1) is 5.82 Å². The standard InChI is InChI=1S/C16H25FN2O/c1-3-12(18)11-14-15(17)5-4-6-16(14)19(9-10-20-2)13-7-8-13/h4-6,12-13H,3,7-11,18H2,1-2H3. The maximum atomic E-state index is 14.2. The van der Waals surface area contributed by atoms with Crippen molar-refractivity contribution in [1.82, 2.24) is 0 Å². The highest BCUT2D eigenvalue weighted by Crippen LogP contribution is 2.34. The van der Waals surface area contributed by atoms with Gasteiger partial charge in [-0.3, -0.25) is 0 Å². The molecule has 1 saturated carbocycles. The first kappa shape index (κ1) is 15.3. The van der Waals surface area contributed by atoms with E-state index in [1.807, 2.05) is 13.0 Å². The van der Waals surface area contributed by atoms with Crippen molar-refractivity contribution in [1.29, 1.82) is 0 Å². The summed E-state index contributed by atoms with van der Waals surface area (Å²) in [5.74, 6) is -0.144. The number of ether oxygens (including phenoxy) is 1. The molecule has 1 aliphatic rings. The Hall–Kier alpha value is -1.13. The van der Waals surface area contributed by atoms with Crippen molar-refractivity contribution in [2.24, 2.45) is 5.73 Å². The van der Waals surface area contributed by atoms with Crippen molar-refractivity contribution in [3.8, 4) is 0 Å². The molecule has 1 aromatic rings. The molecule has 0 radical (unpaired) electrons. The van der Waals surface area contributed by atoms with E-state index in [2.05, 4.69) is 4.90 Å². The number of methoxy groups -OCH3 is 1. The van der Waals surface area contributed by atoms with Crippen LogP contribution in [0.4, 0.5) is 10.1 Å². The molecule has 0 saturated heterocycles. The summed E-state index contributed by atoms with van der Waals surface area (Å²) in [5, 5.41) is 0. The molecule has 20 heavy (non-hydrogen) atoms. The number of hydrogen-bond acceptors (Lipinski definition) is 3. The fourth-order valence-corrected chi connectivity index (χ4v) is 2.50. The third kappa shape index (κ3) is 3.70. The lowest BCUT2D eigenvalue weighted by molar-refractivity contribution is 0.205. The first-order chi connectivity index (χ1) is 9.67. The molecule has 112 valence electrons. The summed E-state index contributed by atoms with van der Waals surface area (Å²) in [6, 6.07) is 5.86. The molecule has 4 heteroatoms. The van der Waals surface area contributed by atoms with Crippen LogP contribution >= 0.6 is 0 Å². The van der Waals surface area contributed by atoms with Gasteiger partial charge in [0.2, 0.25) is 0 Å². The van der Waals surface area contributed by atoms with Gasteiger partial charge in [-0.25, -0.2) is 4.39 Å². The second-order valence-electron chi connectivity index (χ2n) is 5.53. The number of benzene rings is 1. The maximum Gasteiger partial charge on any atom is 0.128 e. The van der Waals surface area contributed by atoms with Crippen molar-refractivity contribution in [3.63, 3.8) is 0 Å². The zero-order valence-electron chi connectivity index (χ0n) is 12.4. The largest absolute Gasteiger partial charge is 0.383 e. The number of hydrogen-bond donors (Lipinski definition) is 1. The highest BCUT2D eigenvalue weighted by Gasteiger charge is 2.30. The van der Waals surface area contributed by atoms with Crippen LogP contribution in [0.3, 0.4) is 0 Å². The van der Waals surface area contributed by atoms with E-state index in [1.54, 1.807) is 13.2 Å². The third-order valence-electron chi connectivity index (χ3n) is 3.92. The predicted octanol–water partition coefficient (Wildman–Crippen LogP) is 2.72. The van der Waals surface area contributed by atoms with Crippen molar-refractivity contribution in [2.45, 2.75) is 44.7 Å². The molecule has 2 N–H and O–H groups in total. The molecule has 1 unspecified atom stereocenters. The summed E-state index contributed by atoms with van der Waals surface area (Å²) in [6.07, 6.45) is 3.81. The molecule has 1 aromatic carbocycles. The van der Waals surface area contributed by atoms with Crippen molar-refractivity contribution in [3.05, 3.63) is 29.6 Å². The molecule has 1 atom stereocenters. The highest BCUT2D eigenvalue weighted by atomic mass is 19.1. The van der Waals surface area contributed by atoms with Gasteiger partial charge < -0.3 is 15.4 Å². The minimum atomic E-state index is -0.144. The first-order valence-electron chi connectivity index (χ1n) is 7.45. The third-order valence-corrected chi connectivity index (χ3v) is 3.92. The lowest BCUT2D eigenvalue weighted by atomic mass is 10.0. The van der Waals surface area contributed by atoms with Crippen LogP contribution in [0.25, 0.3) is 0 Å². The molecule has 1 fully saturated rings. The Morgan fingerprint density at radius 2 is 2.20 bits per heavy atom. The Kier molecular flexibility index (Phi) is 5.38. The molecule has 0 amide bonds. The van der Waals surface area contributed by atoms with E-state index < -0.39 is 0 Å². The molecule has 0 aliphatic heterocycles. The summed E-state index contributed by atoms with van der Waals surface area (Å²) in [6.45, 7) is 3.50. The average molecular weight is 280 g/mol. The second kappa shape index (κ2) is 7.04. The normalized spacial score (nSPS) is 16.2. The monoisotopic (exact) mass is 280 g/mol. The second-order valence-corrected chi connectivity index (χ2v) is 5.53. The Balaban J connectivity index is 2.25. The summed E-state index contributed by atoms with van der Waals surface area (Å²) < 4.78 is 19.4. The van der Waals surface area contributed by atoms with E-state index >= 15 is 0 Å². The fourth-order valence-electron chi connectivity index (χ4n) is 2.50. The van der Waals surface area contributed by atoms with Crippen molar-refractivity contribution in [2.75, 3.05) is 25.2 Å². The van der Waals surface area contributed by atoms with Gasteiger partial charge in [-0.15, -0.1) is 0 Å². The minimum absolute atomic E-state index is 0.00845. The van der Waals surface area contributed by atoms with Crippen LogP contribution in [0.2, 0.25) is 0 Å². The smallest absolute Gasteiger partial charge is 0.128 e. The van der Waals surface area contributed by atoms with Crippen LogP contribution in [-0.4, -0.2) is 32.3 Å². The Morgan fingerprint density at radius 3 is 2.80 bits per heavy atom. The molecule has 1 aliphatic carbocycles. The van der Waals surface area contributed by atoms with Gasteiger partial charge in [0.15, 0.2) is 0 Å². The van der Waals surface area contributed by atoms with Gasteiger partial charge in [0, 0.05) is 37.0 Å². The summed E-state index contributed by atoms with van der Waals surface area (Å²) in [4.78, 5) is 2.28. The number of anilines is 1. The van der Waals surface area contributed by atoms with Crippen molar-refractivity contribution >= 4 is 5.69 Å². The molecule has 0 spiro atoms. The Morgan fingerprint density at radius 1 is 1.45 bits per heavy atom. The van der Waals surface area contributed by atoms with E-state index in [-0.39, 0.29) is 11.9 Å². The molecule has 3 nitrogen and oxygen atoms in total. The molecular formula is C16H25FN2O. The molecule has 0 heterocycles. The lowest BCUT2D eigenvalue weighted by Gasteiger charge is -2.28. The molecule has 0 bridgehead atoms. The number of nitrogens with zero attached hydrogens (tertiary/aromatic N) is 1. The Bertz CT molecular complexity index is 434. The zero-order chi connectivity index (χ0) is 14.5. The number of nitrogens with two attached hydrogens (primary N) is 1. The quantitative estimate of drug-likeness (QED) is 0.795. The van der Waals surface area contributed by atoms with Crippen LogP contribution in [0.15, 0.2) is 18.2 Å². The number of halogens is 1. The summed E-state index contributed by atoms with van der Waals surface area (Å²) in [5.41, 5.74) is 7.77. The van der Waals surface area contributed by atoms with E-state index in [9.17, 15) is 4.39 Å². The van der Waals surface area contributed by atoms with Gasteiger partial charge >= 0.3 is 0 Å². The van der Waals surface area contributed by atoms with Crippen LogP contribution in [0.5, 0.6) is 0 Å². The van der Waals surface area contributed by atoms with E-state index in [0.29, 0.717) is 19.1 Å². The van der Waals surface area contributed by atoms with Crippen LogP contribution in [-0.2, 0) is 11.2 Å². The predicted molar refractivity (Wildman–Crippen MR) is 80.6 cm³/mol. The summed E-state index contributed by atoms with van der Waals surface area (Å²) in [7, 11) is 1.70. The maximum absolute atomic E-state index is 14.2. The number of rotatable bonds is 8. The van der Waals surface area contributed by atoms with Crippen LogP contribution < -0.4 is 10.6 Å². The SMILES string of the molecule is CCC(N)Cc1c(F)cccc1N(CCOC)C1CC1. The van der Waals surface area contributed by atoms with E-state index in [4.69, 9.17) is 10.5 Å². The summed E-state index contributed by atoms with van der Waals surface area (Å²) >= 11 is 0. The average Bonchev–Trinajstić information content (AvgIpc) is 3.27. The van der Waals surface area contributed by atoms with Gasteiger partial charge in [0.1, 0.15) is 5.82 Å². The van der Waals surface area contributed by atoms with Gasteiger partial charge in [-0.1, -0.05) is 13.0 Å². The zero-order valence-corrected chi connectivity index (χ0v) is 12.4. The van der Waals surface area contributed by atoms with Gasteiger partial charge in [-0.2, -0.15) is 0 Å². The highest BCUT2D eigenvalue weighted by molar-refractivity contribution is 5.56. The van der Waals surface area contributed by atoms with Gasteiger partial charge in [0.25, 0.3) is 0 Å². The Labute approximate surface area is 120 Å².